The summed E-state index contributed by atoms with van der Waals surface area (Å²) in [6, 6.07) is 4.45. The summed E-state index contributed by atoms with van der Waals surface area (Å²) in [6.07, 6.45) is 2.36. The van der Waals surface area contributed by atoms with Crippen molar-refractivity contribution in [2.24, 2.45) is 5.92 Å². The first-order chi connectivity index (χ1) is 12.3. The molecular weight excluding hydrogens is 336 g/mol. The van der Waals surface area contributed by atoms with Crippen LogP contribution in [0.3, 0.4) is 0 Å². The summed E-state index contributed by atoms with van der Waals surface area (Å²) in [4.78, 5) is 35.8. The zero-order valence-electron chi connectivity index (χ0n) is 15.3. The molecule has 1 aromatic rings. The van der Waals surface area contributed by atoms with Crippen molar-refractivity contribution < 1.29 is 14.5 Å². The smallest absolute Gasteiger partial charge is 0.271 e. The van der Waals surface area contributed by atoms with Gasteiger partial charge in [0.2, 0.25) is 11.8 Å². The Morgan fingerprint density at radius 2 is 2.00 bits per heavy atom. The fourth-order valence-electron chi connectivity index (χ4n) is 3.03. The normalized spacial score (nSPS) is 15.5. The minimum atomic E-state index is -0.472. The number of non-ortho nitro benzene ring substituents is 1. The lowest BCUT2D eigenvalue weighted by atomic mass is 9.96. The number of hydrogen-bond donors (Lipinski definition) is 2. The lowest BCUT2D eigenvalue weighted by molar-refractivity contribution is -0.384. The van der Waals surface area contributed by atoms with Crippen LogP contribution >= 0.6 is 0 Å². The van der Waals surface area contributed by atoms with Gasteiger partial charge in [-0.3, -0.25) is 19.7 Å². The summed E-state index contributed by atoms with van der Waals surface area (Å²) in [5.74, 6) is 0.353. The van der Waals surface area contributed by atoms with Crippen molar-refractivity contribution in [2.75, 3.05) is 31.5 Å². The van der Waals surface area contributed by atoms with Crippen LogP contribution in [0.4, 0.5) is 11.4 Å². The van der Waals surface area contributed by atoms with Gasteiger partial charge in [0.25, 0.3) is 5.69 Å². The van der Waals surface area contributed by atoms with Crippen LogP contribution in [0.5, 0.6) is 0 Å². The van der Waals surface area contributed by atoms with Gasteiger partial charge in [-0.05, 0) is 44.3 Å². The van der Waals surface area contributed by atoms with Crippen molar-refractivity contribution in [1.82, 2.24) is 10.2 Å². The Kier molecular flexibility index (Phi) is 7.08. The Morgan fingerprint density at radius 1 is 1.31 bits per heavy atom. The number of nitrogens with one attached hydrogen (secondary N) is 2. The van der Waals surface area contributed by atoms with Gasteiger partial charge < -0.3 is 15.5 Å². The third-order valence-corrected chi connectivity index (χ3v) is 4.71. The van der Waals surface area contributed by atoms with Crippen LogP contribution in [0, 0.1) is 23.0 Å². The predicted molar refractivity (Wildman–Crippen MR) is 98.9 cm³/mol. The molecule has 2 N–H and O–H groups in total. The predicted octanol–water partition coefficient (Wildman–Crippen LogP) is 2.08. The van der Waals surface area contributed by atoms with E-state index in [-0.39, 0.29) is 17.5 Å². The van der Waals surface area contributed by atoms with E-state index in [4.69, 9.17) is 0 Å². The molecule has 2 amide bonds. The Balaban J connectivity index is 1.75. The highest BCUT2D eigenvalue weighted by molar-refractivity contribution is 5.92. The number of piperidine rings is 1. The van der Waals surface area contributed by atoms with Gasteiger partial charge in [0.15, 0.2) is 0 Å². The number of aryl methyl sites for hydroxylation is 1. The van der Waals surface area contributed by atoms with Gasteiger partial charge in [-0.2, -0.15) is 0 Å². The van der Waals surface area contributed by atoms with E-state index in [1.54, 1.807) is 13.0 Å². The Labute approximate surface area is 153 Å². The fraction of sp³-hybridized carbons (Fsp3) is 0.556. The standard InChI is InChI=1S/C18H26N4O4/c1-13-3-4-16(22(25)26)11-17(13)20-18(24)7-10-21-8-5-15(6-9-21)12-19-14(2)23/h3-4,11,15H,5-10,12H2,1-2H3,(H,19,23)(H,20,24). The molecule has 0 unspecified atom stereocenters. The first kappa shape index (κ1) is 19.8. The number of rotatable bonds is 7. The molecule has 1 aliphatic heterocycles. The van der Waals surface area contributed by atoms with Crippen molar-refractivity contribution in [2.45, 2.75) is 33.1 Å². The van der Waals surface area contributed by atoms with Crippen LogP contribution in [0.1, 0.15) is 31.7 Å². The number of carbonyl (C=O) groups excluding carboxylic acids is 2. The van der Waals surface area contributed by atoms with Crippen LogP contribution in [-0.4, -0.2) is 47.8 Å². The largest absolute Gasteiger partial charge is 0.356 e. The van der Waals surface area contributed by atoms with E-state index in [1.165, 1.54) is 19.1 Å². The lowest BCUT2D eigenvalue weighted by Crippen LogP contribution is -2.39. The molecule has 8 heteroatoms. The van der Waals surface area contributed by atoms with Crippen LogP contribution in [0.2, 0.25) is 0 Å². The fourth-order valence-corrected chi connectivity index (χ4v) is 3.03. The van der Waals surface area contributed by atoms with Crippen LogP contribution in [0.15, 0.2) is 18.2 Å². The van der Waals surface area contributed by atoms with E-state index >= 15 is 0 Å². The van der Waals surface area contributed by atoms with E-state index in [0.717, 1.165) is 38.0 Å². The van der Waals surface area contributed by atoms with Gasteiger partial charge in [-0.25, -0.2) is 0 Å². The van der Waals surface area contributed by atoms with Crippen molar-refractivity contribution >= 4 is 23.2 Å². The monoisotopic (exact) mass is 362 g/mol. The zero-order valence-corrected chi connectivity index (χ0v) is 15.3. The molecule has 1 aliphatic rings. The maximum absolute atomic E-state index is 12.2. The first-order valence-corrected chi connectivity index (χ1v) is 8.87. The molecule has 142 valence electrons. The molecule has 0 aromatic heterocycles. The SMILES string of the molecule is CC(=O)NCC1CCN(CCC(=O)Nc2cc([N+](=O)[O-])ccc2C)CC1. The molecule has 1 saturated heterocycles. The number of nitro groups is 1. The third kappa shape index (κ3) is 6.11. The van der Waals surface area contributed by atoms with E-state index in [9.17, 15) is 19.7 Å². The maximum atomic E-state index is 12.2. The van der Waals surface area contributed by atoms with Gasteiger partial charge in [0.05, 0.1) is 10.6 Å². The molecule has 0 aliphatic carbocycles. The molecule has 0 saturated carbocycles. The van der Waals surface area contributed by atoms with Crippen LogP contribution in [0.25, 0.3) is 0 Å². The summed E-state index contributed by atoms with van der Waals surface area (Å²) in [6.45, 7) is 6.53. The molecule has 2 rings (SSSR count). The molecule has 0 spiro atoms. The number of anilines is 1. The number of nitrogens with zero attached hydrogens (tertiary/aromatic N) is 2. The summed E-state index contributed by atoms with van der Waals surface area (Å²) in [5, 5.41) is 16.5. The summed E-state index contributed by atoms with van der Waals surface area (Å²) in [7, 11) is 0. The number of amides is 2. The molecule has 1 aromatic carbocycles. The molecule has 1 fully saturated rings. The number of benzene rings is 1. The Bertz CT molecular complexity index is 669. The molecule has 26 heavy (non-hydrogen) atoms. The number of nitro benzene ring substituents is 1. The second-order valence-electron chi connectivity index (χ2n) is 6.78. The highest BCUT2D eigenvalue weighted by atomic mass is 16.6. The molecule has 1 heterocycles. The Hall–Kier alpha value is -2.48. The second kappa shape index (κ2) is 9.28. The van der Waals surface area contributed by atoms with Gasteiger partial charge in [0, 0.05) is 38.6 Å². The second-order valence-corrected chi connectivity index (χ2v) is 6.78. The minimum absolute atomic E-state index is 0.000503. The maximum Gasteiger partial charge on any atom is 0.271 e. The molecule has 0 bridgehead atoms. The van der Waals surface area contributed by atoms with Crippen LogP contribution < -0.4 is 10.6 Å². The quantitative estimate of drug-likeness (QED) is 0.571. The highest BCUT2D eigenvalue weighted by Gasteiger charge is 2.20. The lowest BCUT2D eigenvalue weighted by Gasteiger charge is -2.31. The van der Waals surface area contributed by atoms with Gasteiger partial charge in [-0.15, -0.1) is 0 Å². The van der Waals surface area contributed by atoms with Crippen LogP contribution in [-0.2, 0) is 9.59 Å². The summed E-state index contributed by atoms with van der Waals surface area (Å²) in [5.41, 5.74) is 1.24. The molecule has 0 radical (unpaired) electrons. The molecule has 8 nitrogen and oxygen atoms in total. The van der Waals surface area contributed by atoms with Crippen molar-refractivity contribution in [3.63, 3.8) is 0 Å². The van der Waals surface area contributed by atoms with E-state index in [2.05, 4.69) is 15.5 Å². The summed E-state index contributed by atoms with van der Waals surface area (Å²) >= 11 is 0. The van der Waals surface area contributed by atoms with Gasteiger partial charge >= 0.3 is 0 Å². The first-order valence-electron chi connectivity index (χ1n) is 8.87. The Morgan fingerprint density at radius 3 is 2.62 bits per heavy atom. The van der Waals surface area contributed by atoms with Crippen molar-refractivity contribution in [1.29, 1.82) is 0 Å². The number of carbonyl (C=O) groups is 2. The highest BCUT2D eigenvalue weighted by Crippen LogP contribution is 2.22. The number of likely N-dealkylation sites (tertiary alicyclic amines) is 1. The van der Waals surface area contributed by atoms with Crippen molar-refractivity contribution in [3.05, 3.63) is 33.9 Å². The van der Waals surface area contributed by atoms with Gasteiger partial charge in [0.1, 0.15) is 0 Å². The third-order valence-electron chi connectivity index (χ3n) is 4.71. The number of hydrogen-bond acceptors (Lipinski definition) is 5. The average molecular weight is 362 g/mol. The van der Waals surface area contributed by atoms with E-state index in [0.29, 0.717) is 24.6 Å². The topological polar surface area (TPSA) is 105 Å². The van der Waals surface area contributed by atoms with Gasteiger partial charge in [-0.1, -0.05) is 6.07 Å². The minimum Gasteiger partial charge on any atom is -0.356 e. The van der Waals surface area contributed by atoms with Crippen molar-refractivity contribution in [3.8, 4) is 0 Å². The summed E-state index contributed by atoms with van der Waals surface area (Å²) < 4.78 is 0. The molecular formula is C18H26N4O4. The molecule has 0 atom stereocenters. The average Bonchev–Trinajstić information content (AvgIpc) is 2.60. The van der Waals surface area contributed by atoms with E-state index in [1.807, 2.05) is 0 Å². The van der Waals surface area contributed by atoms with E-state index < -0.39 is 4.92 Å². The zero-order chi connectivity index (χ0) is 19.1.